The fourth-order valence-electron chi connectivity index (χ4n) is 2.21. The van der Waals surface area contributed by atoms with Crippen molar-refractivity contribution in [3.63, 3.8) is 0 Å². The molecule has 1 saturated carbocycles. The third-order valence-electron chi connectivity index (χ3n) is 3.26. The third kappa shape index (κ3) is 2.38. The second kappa shape index (κ2) is 3.18. The number of halogens is 3. The van der Waals surface area contributed by atoms with E-state index >= 15 is 0 Å². The van der Waals surface area contributed by atoms with Crippen LogP contribution in [0.4, 0.5) is 13.2 Å². The van der Waals surface area contributed by atoms with E-state index in [1.54, 1.807) is 13.8 Å². The average molecular weight is 194 g/mol. The van der Waals surface area contributed by atoms with E-state index in [9.17, 15) is 13.2 Å². The topological polar surface area (TPSA) is 0 Å². The summed E-state index contributed by atoms with van der Waals surface area (Å²) in [7, 11) is 0. The molecule has 0 N–H and O–H groups in total. The maximum Gasteiger partial charge on any atom is 0.392 e. The Morgan fingerprint density at radius 3 is 2.15 bits per heavy atom. The highest BCUT2D eigenvalue weighted by atomic mass is 19.4. The van der Waals surface area contributed by atoms with Gasteiger partial charge in [-0.15, -0.1) is 0 Å². The lowest BCUT2D eigenvalue weighted by Gasteiger charge is -2.42. The van der Waals surface area contributed by atoms with Gasteiger partial charge < -0.3 is 0 Å². The first-order valence-corrected chi connectivity index (χ1v) is 4.80. The lowest BCUT2D eigenvalue weighted by molar-refractivity contribution is -0.215. The van der Waals surface area contributed by atoms with Crippen LogP contribution in [0.5, 0.6) is 0 Å². The van der Waals surface area contributed by atoms with E-state index in [0.717, 1.165) is 6.42 Å². The summed E-state index contributed by atoms with van der Waals surface area (Å²) in [5.74, 6) is -0.886. The molecule has 0 nitrogen and oxygen atoms in total. The predicted octanol–water partition coefficient (Wildman–Crippen LogP) is 4.01. The molecular weight excluding hydrogens is 177 g/mol. The van der Waals surface area contributed by atoms with Gasteiger partial charge in [0.25, 0.3) is 0 Å². The Bertz CT molecular complexity index is 181. The molecule has 0 aromatic rings. The van der Waals surface area contributed by atoms with Crippen LogP contribution in [0.3, 0.4) is 0 Å². The van der Waals surface area contributed by atoms with E-state index in [1.807, 2.05) is 6.92 Å². The molecule has 2 unspecified atom stereocenters. The Kier molecular flexibility index (Phi) is 2.65. The maximum absolute atomic E-state index is 12.6. The summed E-state index contributed by atoms with van der Waals surface area (Å²) in [5.41, 5.74) is -0.565. The second-order valence-corrected chi connectivity index (χ2v) is 4.96. The zero-order chi connectivity index (χ0) is 10.3. The minimum absolute atomic E-state index is 0.222. The average Bonchev–Trinajstić information content (AvgIpc) is 1.92. The molecule has 0 radical (unpaired) electrons. The zero-order valence-electron chi connectivity index (χ0n) is 8.41. The van der Waals surface area contributed by atoms with Gasteiger partial charge in [-0.25, -0.2) is 0 Å². The van der Waals surface area contributed by atoms with Gasteiger partial charge in [0.1, 0.15) is 0 Å². The highest BCUT2D eigenvalue weighted by Crippen LogP contribution is 2.50. The van der Waals surface area contributed by atoms with E-state index < -0.39 is 17.5 Å². The number of hydrogen-bond acceptors (Lipinski definition) is 0. The van der Waals surface area contributed by atoms with E-state index in [0.29, 0.717) is 12.8 Å². The highest BCUT2D eigenvalue weighted by molar-refractivity contribution is 4.88. The smallest absolute Gasteiger partial charge is 0.171 e. The van der Waals surface area contributed by atoms with Crippen molar-refractivity contribution < 1.29 is 13.2 Å². The van der Waals surface area contributed by atoms with Gasteiger partial charge in [-0.3, -0.25) is 0 Å². The van der Waals surface area contributed by atoms with Crippen molar-refractivity contribution in [2.75, 3.05) is 0 Å². The molecule has 0 aromatic heterocycles. The fraction of sp³-hybridized carbons (Fsp3) is 1.00. The van der Waals surface area contributed by atoms with Gasteiger partial charge in [0.15, 0.2) is 0 Å². The molecule has 0 heterocycles. The van der Waals surface area contributed by atoms with Crippen LogP contribution in [0.1, 0.15) is 40.0 Å². The van der Waals surface area contributed by atoms with Gasteiger partial charge in [0.2, 0.25) is 0 Å². The van der Waals surface area contributed by atoms with E-state index in [-0.39, 0.29) is 5.92 Å². The largest absolute Gasteiger partial charge is 0.392 e. The molecule has 1 fully saturated rings. The Hall–Kier alpha value is -0.210. The third-order valence-corrected chi connectivity index (χ3v) is 3.26. The summed E-state index contributed by atoms with van der Waals surface area (Å²) in [6.45, 7) is 5.38. The maximum atomic E-state index is 12.6. The van der Waals surface area contributed by atoms with Crippen LogP contribution in [-0.2, 0) is 0 Å². The van der Waals surface area contributed by atoms with Crippen LogP contribution in [0.25, 0.3) is 0 Å². The monoisotopic (exact) mass is 194 g/mol. The molecular formula is C10H17F3. The molecule has 0 amide bonds. The molecule has 1 aliphatic rings. The van der Waals surface area contributed by atoms with Gasteiger partial charge >= 0.3 is 6.18 Å². The number of rotatable bonds is 0. The fourth-order valence-corrected chi connectivity index (χ4v) is 2.21. The molecule has 0 spiro atoms. The van der Waals surface area contributed by atoms with Crippen molar-refractivity contribution >= 4 is 0 Å². The van der Waals surface area contributed by atoms with Crippen molar-refractivity contribution in [1.29, 1.82) is 0 Å². The minimum Gasteiger partial charge on any atom is -0.171 e. The van der Waals surface area contributed by atoms with Crippen LogP contribution in [0.2, 0.25) is 0 Å². The lowest BCUT2D eigenvalue weighted by atomic mass is 9.65. The first kappa shape index (κ1) is 10.9. The van der Waals surface area contributed by atoms with Crippen LogP contribution in [0, 0.1) is 17.3 Å². The van der Waals surface area contributed by atoms with Crippen LogP contribution in [0.15, 0.2) is 0 Å². The summed E-state index contributed by atoms with van der Waals surface area (Å²) in [4.78, 5) is 0. The van der Waals surface area contributed by atoms with Crippen LogP contribution < -0.4 is 0 Å². The molecule has 0 aliphatic heterocycles. The van der Waals surface area contributed by atoms with E-state index in [4.69, 9.17) is 0 Å². The number of alkyl halides is 3. The highest BCUT2D eigenvalue weighted by Gasteiger charge is 2.50. The summed E-state index contributed by atoms with van der Waals surface area (Å²) >= 11 is 0. The molecule has 78 valence electrons. The molecule has 3 heteroatoms. The summed E-state index contributed by atoms with van der Waals surface area (Å²) in [6.07, 6.45) is -2.09. The van der Waals surface area contributed by atoms with Gasteiger partial charge in [-0.05, 0) is 24.2 Å². The SMILES string of the molecule is CC1CCC(C)(C)C(C(F)(F)F)C1. The second-order valence-electron chi connectivity index (χ2n) is 4.96. The predicted molar refractivity (Wildman–Crippen MR) is 46.3 cm³/mol. The molecule has 0 saturated heterocycles. The Labute approximate surface area is 77.5 Å². The van der Waals surface area contributed by atoms with E-state index in [2.05, 4.69) is 0 Å². The van der Waals surface area contributed by atoms with Crippen LogP contribution in [-0.4, -0.2) is 6.18 Å². The molecule has 13 heavy (non-hydrogen) atoms. The van der Waals surface area contributed by atoms with Crippen molar-refractivity contribution in [2.24, 2.45) is 17.3 Å². The van der Waals surface area contributed by atoms with Gasteiger partial charge in [-0.1, -0.05) is 27.2 Å². The standard InChI is InChI=1S/C10H17F3/c1-7-4-5-9(2,3)8(6-7)10(11,12)13/h7-8H,4-6H2,1-3H3. The lowest BCUT2D eigenvalue weighted by Crippen LogP contribution is -2.40. The van der Waals surface area contributed by atoms with Gasteiger partial charge in [0.05, 0.1) is 5.92 Å². The summed E-state index contributed by atoms with van der Waals surface area (Å²) in [6, 6.07) is 0. The first-order chi connectivity index (χ1) is 5.73. The minimum atomic E-state index is -4.02. The summed E-state index contributed by atoms with van der Waals surface area (Å²) < 4.78 is 37.8. The van der Waals surface area contributed by atoms with Crippen molar-refractivity contribution in [2.45, 2.75) is 46.2 Å². The molecule has 2 atom stereocenters. The molecule has 0 aromatic carbocycles. The van der Waals surface area contributed by atoms with Gasteiger partial charge in [0, 0.05) is 0 Å². The Morgan fingerprint density at radius 2 is 1.77 bits per heavy atom. The normalized spacial score (nSPS) is 34.6. The Balaban J connectivity index is 2.78. The van der Waals surface area contributed by atoms with Crippen LogP contribution >= 0.6 is 0 Å². The van der Waals surface area contributed by atoms with Crippen molar-refractivity contribution in [3.8, 4) is 0 Å². The molecule has 0 bridgehead atoms. The first-order valence-electron chi connectivity index (χ1n) is 4.80. The Morgan fingerprint density at radius 1 is 1.23 bits per heavy atom. The molecule has 1 rings (SSSR count). The summed E-state index contributed by atoms with van der Waals surface area (Å²) in [5, 5.41) is 0. The van der Waals surface area contributed by atoms with Crippen molar-refractivity contribution in [3.05, 3.63) is 0 Å². The number of hydrogen-bond donors (Lipinski definition) is 0. The van der Waals surface area contributed by atoms with E-state index in [1.165, 1.54) is 0 Å². The quantitative estimate of drug-likeness (QED) is 0.546. The van der Waals surface area contributed by atoms with Gasteiger partial charge in [-0.2, -0.15) is 13.2 Å². The zero-order valence-corrected chi connectivity index (χ0v) is 8.41. The molecule has 1 aliphatic carbocycles. The van der Waals surface area contributed by atoms with Crippen molar-refractivity contribution in [1.82, 2.24) is 0 Å².